The van der Waals surface area contributed by atoms with Crippen molar-refractivity contribution in [3.05, 3.63) is 0 Å². The fraction of sp³-hybridized carbons (Fsp3) is 1.00. The minimum atomic E-state index is -4.87. The van der Waals surface area contributed by atoms with Gasteiger partial charge >= 0.3 is 103 Å². The van der Waals surface area contributed by atoms with E-state index >= 15 is 0 Å². The fourth-order valence-electron chi connectivity index (χ4n) is 3.27. The molecule has 0 amide bonds. The summed E-state index contributed by atoms with van der Waals surface area (Å²) in [7, 11) is -4.87. The first kappa shape index (κ1) is 35.0. The molecule has 0 N–H and O–H groups in total. The zero-order valence-electron chi connectivity index (χ0n) is 18.7. The van der Waals surface area contributed by atoms with Gasteiger partial charge in [-0.1, -0.05) is 110 Å². The zero-order chi connectivity index (χ0) is 18.8. The van der Waals surface area contributed by atoms with Gasteiger partial charge < -0.3 is 18.9 Å². The smallest absolute Gasteiger partial charge is 0.790 e. The quantitative estimate of drug-likeness (QED) is 0.155. The molecule has 7 heteroatoms. The van der Waals surface area contributed by atoms with Crippen LogP contribution in [0.3, 0.4) is 0 Å². The van der Waals surface area contributed by atoms with Crippen LogP contribution in [0.1, 0.15) is 123 Å². The van der Waals surface area contributed by atoms with E-state index in [0.29, 0.717) is 12.8 Å². The van der Waals surface area contributed by atoms with Crippen molar-refractivity contribution in [1.29, 1.82) is 0 Å². The van der Waals surface area contributed by atoms with Crippen LogP contribution in [-0.2, 0) is 9.09 Å². The summed E-state index contributed by atoms with van der Waals surface area (Å²) >= 11 is 0. The van der Waals surface area contributed by atoms with Crippen molar-refractivity contribution in [3.8, 4) is 0 Å². The SMILES string of the molecule is CCCCCCCCCCCC(CCCCCCCC)OP(=O)([O-])[O-].[K+].[K+]. The third kappa shape index (κ3) is 29.4. The largest absolute Gasteiger partial charge is 1.00 e. The molecule has 27 heavy (non-hydrogen) atoms. The van der Waals surface area contributed by atoms with Crippen LogP contribution in [0.25, 0.3) is 0 Å². The fourth-order valence-corrected chi connectivity index (χ4v) is 3.84. The minimum Gasteiger partial charge on any atom is -0.790 e. The van der Waals surface area contributed by atoms with Gasteiger partial charge in [0.15, 0.2) is 0 Å². The molecule has 0 saturated carbocycles. The van der Waals surface area contributed by atoms with Crippen molar-refractivity contribution >= 4 is 7.82 Å². The Labute approximate surface area is 254 Å². The maximum Gasteiger partial charge on any atom is 1.00 e. The van der Waals surface area contributed by atoms with Gasteiger partial charge in [-0.2, -0.15) is 0 Å². The Hall–Kier alpha value is 3.38. The summed E-state index contributed by atoms with van der Waals surface area (Å²) in [5.74, 6) is 0. The van der Waals surface area contributed by atoms with E-state index in [1.165, 1.54) is 70.6 Å². The molecule has 0 aliphatic carbocycles. The topological polar surface area (TPSA) is 72.4 Å². The molecule has 1 unspecified atom stereocenters. The number of hydrogen-bond donors (Lipinski definition) is 0. The number of hydrogen-bond acceptors (Lipinski definition) is 4. The second kappa shape index (κ2) is 25.6. The molecule has 0 heterocycles. The molecule has 0 aromatic carbocycles. The van der Waals surface area contributed by atoms with E-state index in [1.54, 1.807) is 0 Å². The van der Waals surface area contributed by atoms with Gasteiger partial charge in [0, 0.05) is 0 Å². The zero-order valence-corrected chi connectivity index (χ0v) is 25.8. The van der Waals surface area contributed by atoms with E-state index in [-0.39, 0.29) is 103 Å². The van der Waals surface area contributed by atoms with Crippen molar-refractivity contribution in [3.63, 3.8) is 0 Å². The summed E-state index contributed by atoms with van der Waals surface area (Å²) in [5.41, 5.74) is 0. The monoisotopic (exact) mass is 454 g/mol. The Kier molecular flexibility index (Phi) is 33.2. The molecule has 0 saturated heterocycles. The minimum absolute atomic E-state index is 0. The van der Waals surface area contributed by atoms with Gasteiger partial charge in [-0.15, -0.1) is 0 Å². The Morgan fingerprint density at radius 2 is 0.926 bits per heavy atom. The van der Waals surface area contributed by atoms with Gasteiger partial charge in [0.05, 0.1) is 13.9 Å². The standard InChI is InChI=1S/C20H43O4P.2K/c1-3-5-7-9-11-12-13-15-17-19-20(24-25(21,22)23)18-16-14-10-8-6-4-2;;/h20H,3-19H2,1-2H3,(H2,21,22,23);;/q;2*+1/p-2. The molecule has 4 nitrogen and oxygen atoms in total. The predicted molar refractivity (Wildman–Crippen MR) is 102 cm³/mol. The average Bonchev–Trinajstić information content (AvgIpc) is 2.55. The van der Waals surface area contributed by atoms with Gasteiger partial charge in [-0.3, -0.25) is 0 Å². The van der Waals surface area contributed by atoms with Crippen molar-refractivity contribution < 1.29 is 122 Å². The molecule has 0 aliphatic heterocycles. The Morgan fingerprint density at radius 3 is 1.22 bits per heavy atom. The second-order valence-electron chi connectivity index (χ2n) is 7.35. The maximum atomic E-state index is 10.9. The number of phosphoric ester groups is 1. The molecular weight excluding hydrogens is 413 g/mol. The second-order valence-corrected chi connectivity index (χ2v) is 8.45. The third-order valence-electron chi connectivity index (χ3n) is 4.79. The molecule has 1 atom stereocenters. The first-order chi connectivity index (χ1) is 12.0. The molecular formula is C20H41K2O4P. The third-order valence-corrected chi connectivity index (χ3v) is 5.34. The molecule has 0 bridgehead atoms. The van der Waals surface area contributed by atoms with Crippen LogP contribution in [0.2, 0.25) is 0 Å². The van der Waals surface area contributed by atoms with Crippen molar-refractivity contribution in [2.75, 3.05) is 0 Å². The first-order valence-corrected chi connectivity index (χ1v) is 12.2. The summed E-state index contributed by atoms with van der Waals surface area (Å²) in [6.07, 6.45) is 19.0. The maximum absolute atomic E-state index is 10.9. The van der Waals surface area contributed by atoms with E-state index in [1.807, 2.05) is 0 Å². The summed E-state index contributed by atoms with van der Waals surface area (Å²) in [4.78, 5) is 21.9. The Bertz CT molecular complexity index is 327. The number of unbranched alkanes of at least 4 members (excludes halogenated alkanes) is 13. The van der Waals surface area contributed by atoms with Gasteiger partial charge in [0.25, 0.3) is 0 Å². The van der Waals surface area contributed by atoms with Crippen LogP contribution >= 0.6 is 7.82 Å². The van der Waals surface area contributed by atoms with Gasteiger partial charge in [0.2, 0.25) is 0 Å². The molecule has 152 valence electrons. The summed E-state index contributed by atoms with van der Waals surface area (Å²) < 4.78 is 15.7. The average molecular weight is 455 g/mol. The molecule has 0 rings (SSSR count). The normalized spacial score (nSPS) is 12.3. The van der Waals surface area contributed by atoms with Crippen LogP contribution in [-0.4, -0.2) is 6.10 Å². The summed E-state index contributed by atoms with van der Waals surface area (Å²) in [6, 6.07) is 0. The molecule has 0 aromatic rings. The van der Waals surface area contributed by atoms with E-state index in [2.05, 4.69) is 13.8 Å². The van der Waals surface area contributed by atoms with Crippen LogP contribution < -0.4 is 113 Å². The van der Waals surface area contributed by atoms with Crippen molar-refractivity contribution in [2.24, 2.45) is 0 Å². The number of phosphoric acid groups is 1. The van der Waals surface area contributed by atoms with Crippen LogP contribution in [0.15, 0.2) is 0 Å². The molecule has 0 radical (unpaired) electrons. The Morgan fingerprint density at radius 1 is 0.630 bits per heavy atom. The summed E-state index contributed by atoms with van der Waals surface area (Å²) in [5, 5.41) is 0. The van der Waals surface area contributed by atoms with E-state index in [9.17, 15) is 14.4 Å². The van der Waals surface area contributed by atoms with E-state index in [4.69, 9.17) is 4.52 Å². The predicted octanol–water partition coefficient (Wildman–Crippen LogP) is -0.120. The van der Waals surface area contributed by atoms with E-state index < -0.39 is 13.9 Å². The molecule has 0 fully saturated rings. The molecule has 0 spiro atoms. The number of rotatable bonds is 19. The first-order valence-electron chi connectivity index (χ1n) is 10.7. The van der Waals surface area contributed by atoms with E-state index in [0.717, 1.165) is 25.7 Å². The van der Waals surface area contributed by atoms with Gasteiger partial charge in [-0.25, -0.2) is 0 Å². The van der Waals surface area contributed by atoms with Crippen LogP contribution in [0.5, 0.6) is 0 Å². The van der Waals surface area contributed by atoms with Crippen molar-refractivity contribution in [1.82, 2.24) is 0 Å². The van der Waals surface area contributed by atoms with Gasteiger partial charge in [-0.05, 0) is 12.8 Å². The van der Waals surface area contributed by atoms with Gasteiger partial charge in [0.1, 0.15) is 0 Å². The van der Waals surface area contributed by atoms with Crippen LogP contribution in [0, 0.1) is 0 Å². The van der Waals surface area contributed by atoms with Crippen LogP contribution in [0.4, 0.5) is 0 Å². The summed E-state index contributed by atoms with van der Waals surface area (Å²) in [6.45, 7) is 4.42. The van der Waals surface area contributed by atoms with Crippen molar-refractivity contribution in [2.45, 2.75) is 129 Å². The molecule has 0 aliphatic rings. The molecule has 0 aromatic heterocycles. The Balaban J connectivity index is -0.00000288.